The zero-order valence-corrected chi connectivity index (χ0v) is 27.6. The lowest BCUT2D eigenvalue weighted by atomic mass is 9.65. The van der Waals surface area contributed by atoms with Crippen molar-refractivity contribution in [3.8, 4) is 11.5 Å². The number of hydrogen-bond donors (Lipinski definition) is 2. The molecule has 15 heteroatoms. The van der Waals surface area contributed by atoms with Crippen LogP contribution >= 0.6 is 0 Å². The zero-order chi connectivity index (χ0) is 34.1. The third kappa shape index (κ3) is 6.43. The van der Waals surface area contributed by atoms with E-state index < -0.39 is 27.5 Å². The Kier molecular flexibility index (Phi) is 9.34. The molecule has 1 saturated heterocycles. The molecular weight excluding hydrogens is 644 g/mol. The van der Waals surface area contributed by atoms with Gasteiger partial charge in [0.05, 0.1) is 25.7 Å². The maximum Gasteiger partial charge on any atom is 0.319 e. The standard InChI is InChI=1S/C33H37F2N7O5S/c1-21-4-8-25(9-5-21)48(44,45)32-38-39-40-42(32)17-16-41-15-14-33(22-6-11-28(46-2)29(18-22)47-3)13-12-24(20-30(33)41)37-31(43)36-23-7-10-26(34)27(35)19-23/h4-11,18-19,24,30H,12-17,20H2,1-3H3,(H2,36,37,43)/t24-,30+,33+/m1/s1. The molecule has 254 valence electrons. The van der Waals surface area contributed by atoms with E-state index in [1.165, 1.54) is 10.7 Å². The Balaban J connectivity index is 1.23. The van der Waals surface area contributed by atoms with Crippen LogP contribution in [0.5, 0.6) is 11.5 Å². The fourth-order valence-corrected chi connectivity index (χ4v) is 8.28. The van der Waals surface area contributed by atoms with Crippen LogP contribution in [0.1, 0.15) is 36.8 Å². The van der Waals surface area contributed by atoms with Crippen LogP contribution in [-0.4, -0.2) is 78.9 Å². The molecule has 48 heavy (non-hydrogen) atoms. The van der Waals surface area contributed by atoms with E-state index >= 15 is 0 Å². The number of aromatic nitrogens is 4. The van der Waals surface area contributed by atoms with Gasteiger partial charge in [0, 0.05) is 35.8 Å². The summed E-state index contributed by atoms with van der Waals surface area (Å²) in [5.41, 5.74) is 1.87. The maximum atomic E-state index is 13.7. The van der Waals surface area contributed by atoms with E-state index in [1.54, 1.807) is 38.5 Å². The molecule has 3 atom stereocenters. The van der Waals surface area contributed by atoms with Crippen LogP contribution in [0.2, 0.25) is 0 Å². The van der Waals surface area contributed by atoms with Crippen LogP contribution in [0, 0.1) is 18.6 Å². The largest absolute Gasteiger partial charge is 0.493 e. The molecule has 2 amide bonds. The summed E-state index contributed by atoms with van der Waals surface area (Å²) >= 11 is 0. The highest BCUT2D eigenvalue weighted by Gasteiger charge is 2.51. The molecule has 1 aliphatic heterocycles. The summed E-state index contributed by atoms with van der Waals surface area (Å²) in [6, 6.07) is 14.9. The van der Waals surface area contributed by atoms with Gasteiger partial charge >= 0.3 is 6.03 Å². The molecule has 12 nitrogen and oxygen atoms in total. The summed E-state index contributed by atoms with van der Waals surface area (Å²) in [5, 5.41) is 16.9. The van der Waals surface area contributed by atoms with Gasteiger partial charge in [-0.2, -0.15) is 0 Å². The number of hydrogen-bond acceptors (Lipinski definition) is 9. The second-order valence-electron chi connectivity index (χ2n) is 12.2. The number of benzene rings is 3. The lowest BCUT2D eigenvalue weighted by Gasteiger charge is -2.45. The monoisotopic (exact) mass is 681 g/mol. The molecule has 0 radical (unpaired) electrons. The number of carbonyl (C=O) groups is 1. The number of amides is 2. The van der Waals surface area contributed by atoms with E-state index in [-0.39, 0.29) is 39.8 Å². The van der Waals surface area contributed by atoms with E-state index in [1.807, 2.05) is 19.1 Å². The first-order valence-corrected chi connectivity index (χ1v) is 17.1. The average Bonchev–Trinajstić information content (AvgIpc) is 3.71. The fraction of sp³-hybridized carbons (Fsp3) is 0.394. The minimum absolute atomic E-state index is 0.0495. The summed E-state index contributed by atoms with van der Waals surface area (Å²) in [7, 11) is -0.767. The molecule has 2 heterocycles. The molecule has 2 aliphatic rings. The van der Waals surface area contributed by atoms with Crippen LogP contribution in [-0.2, 0) is 21.8 Å². The van der Waals surface area contributed by atoms with Crippen molar-refractivity contribution in [3.63, 3.8) is 0 Å². The summed E-state index contributed by atoms with van der Waals surface area (Å²) in [6.07, 6.45) is 2.84. The molecule has 4 aromatic rings. The fourth-order valence-electron chi connectivity index (χ4n) is 7.03. The Morgan fingerprint density at radius 1 is 0.979 bits per heavy atom. The summed E-state index contributed by atoms with van der Waals surface area (Å²) in [5.74, 6) is -0.812. The number of methoxy groups -OCH3 is 2. The van der Waals surface area contributed by atoms with Crippen molar-refractivity contribution in [3.05, 3.63) is 83.4 Å². The Hall–Kier alpha value is -4.63. The molecule has 0 spiro atoms. The van der Waals surface area contributed by atoms with Crippen molar-refractivity contribution >= 4 is 21.6 Å². The van der Waals surface area contributed by atoms with E-state index in [4.69, 9.17) is 9.47 Å². The number of halogens is 2. The minimum Gasteiger partial charge on any atom is -0.493 e. The summed E-state index contributed by atoms with van der Waals surface area (Å²) in [6.45, 7) is 3.27. The van der Waals surface area contributed by atoms with Crippen molar-refractivity contribution in [2.75, 3.05) is 32.6 Å². The van der Waals surface area contributed by atoms with Gasteiger partial charge in [-0.15, -0.1) is 0 Å². The van der Waals surface area contributed by atoms with Gasteiger partial charge in [-0.25, -0.2) is 26.7 Å². The lowest BCUT2D eigenvalue weighted by Crippen LogP contribution is -2.53. The quantitative estimate of drug-likeness (QED) is 0.248. The van der Waals surface area contributed by atoms with E-state index in [2.05, 4.69) is 37.1 Å². The highest BCUT2D eigenvalue weighted by atomic mass is 32.2. The number of tetrazole rings is 1. The first-order chi connectivity index (χ1) is 23.0. The van der Waals surface area contributed by atoms with E-state index in [9.17, 15) is 22.0 Å². The first-order valence-electron chi connectivity index (χ1n) is 15.6. The number of likely N-dealkylation sites (tertiary alicyclic amines) is 1. The third-order valence-corrected chi connectivity index (χ3v) is 11.2. The average molecular weight is 682 g/mol. The van der Waals surface area contributed by atoms with Crippen molar-refractivity contribution < 1.29 is 31.5 Å². The Bertz CT molecular complexity index is 1910. The molecule has 1 aromatic heterocycles. The second-order valence-corrected chi connectivity index (χ2v) is 14.1. The summed E-state index contributed by atoms with van der Waals surface area (Å²) < 4.78 is 66.4. The number of rotatable bonds is 10. The highest BCUT2D eigenvalue weighted by Crippen LogP contribution is 2.50. The topological polar surface area (TPSA) is 141 Å². The number of ether oxygens (including phenoxy) is 2. The van der Waals surface area contributed by atoms with E-state index in [0.717, 1.165) is 42.6 Å². The third-order valence-electron chi connectivity index (χ3n) is 9.51. The zero-order valence-electron chi connectivity index (χ0n) is 26.8. The van der Waals surface area contributed by atoms with Gasteiger partial charge in [-0.1, -0.05) is 28.9 Å². The van der Waals surface area contributed by atoms with Gasteiger partial charge in [-0.05, 0) is 91.5 Å². The number of aryl methyl sites for hydroxylation is 1. The highest BCUT2D eigenvalue weighted by molar-refractivity contribution is 7.91. The van der Waals surface area contributed by atoms with Gasteiger partial charge in [0.15, 0.2) is 23.1 Å². The normalized spacial score (nSPS) is 21.0. The number of anilines is 1. The smallest absolute Gasteiger partial charge is 0.319 e. The molecule has 3 aromatic carbocycles. The minimum atomic E-state index is -3.95. The van der Waals surface area contributed by atoms with E-state index in [0.29, 0.717) is 30.9 Å². The molecule has 0 unspecified atom stereocenters. The predicted molar refractivity (Wildman–Crippen MR) is 172 cm³/mol. The van der Waals surface area contributed by atoms with Gasteiger partial charge in [0.25, 0.3) is 5.16 Å². The van der Waals surface area contributed by atoms with Crippen molar-refractivity contribution in [2.24, 2.45) is 0 Å². The van der Waals surface area contributed by atoms with Gasteiger partial charge < -0.3 is 20.1 Å². The molecule has 1 aliphatic carbocycles. The molecule has 0 bridgehead atoms. The Labute approximate surface area is 277 Å². The van der Waals surface area contributed by atoms with Crippen LogP contribution < -0.4 is 20.1 Å². The number of nitrogens with one attached hydrogen (secondary N) is 2. The number of fused-ring (bicyclic) bond motifs is 1. The van der Waals surface area contributed by atoms with Gasteiger partial charge in [0.1, 0.15) is 0 Å². The molecule has 6 rings (SSSR count). The number of nitrogens with zero attached hydrogens (tertiary/aromatic N) is 5. The predicted octanol–water partition coefficient (Wildman–Crippen LogP) is 4.50. The van der Waals surface area contributed by atoms with Crippen molar-refractivity contribution in [2.45, 2.75) is 66.7 Å². The molecule has 2 N–H and O–H groups in total. The van der Waals surface area contributed by atoms with Crippen LogP contribution in [0.3, 0.4) is 0 Å². The summed E-state index contributed by atoms with van der Waals surface area (Å²) in [4.78, 5) is 15.3. The number of urea groups is 1. The van der Waals surface area contributed by atoms with Gasteiger partial charge in [0.2, 0.25) is 9.84 Å². The van der Waals surface area contributed by atoms with Crippen LogP contribution in [0.4, 0.5) is 19.3 Å². The first kappa shape index (κ1) is 33.3. The number of carbonyl (C=O) groups excluding carboxylic acids is 1. The van der Waals surface area contributed by atoms with Crippen molar-refractivity contribution in [1.82, 2.24) is 30.4 Å². The molecular formula is C33H37F2N7O5S. The second kappa shape index (κ2) is 13.5. The lowest BCUT2D eigenvalue weighted by molar-refractivity contribution is 0.131. The SMILES string of the molecule is COc1ccc([C@@]23CC[C@@H](NC(=O)Nc4ccc(F)c(F)c4)C[C@@H]2N(CCn2nnnc2S(=O)(=O)c2ccc(C)cc2)CC3)cc1OC. The molecule has 1 saturated carbocycles. The van der Waals surface area contributed by atoms with Crippen LogP contribution in [0.15, 0.2) is 70.7 Å². The Morgan fingerprint density at radius 3 is 2.48 bits per heavy atom. The van der Waals surface area contributed by atoms with Crippen molar-refractivity contribution in [1.29, 1.82) is 0 Å². The number of sulfone groups is 1. The van der Waals surface area contributed by atoms with Crippen LogP contribution in [0.25, 0.3) is 0 Å². The molecule has 2 fully saturated rings. The van der Waals surface area contributed by atoms with Gasteiger partial charge in [-0.3, -0.25) is 4.90 Å². The Morgan fingerprint density at radius 2 is 1.75 bits per heavy atom. The maximum absolute atomic E-state index is 13.7.